The first-order valence-corrected chi connectivity index (χ1v) is 4.92. The fourth-order valence-corrected chi connectivity index (χ4v) is 1.78. The number of aromatic amines is 1. The van der Waals surface area contributed by atoms with Crippen LogP contribution in [0.1, 0.15) is 18.5 Å². The van der Waals surface area contributed by atoms with Crippen LogP contribution in [0.25, 0.3) is 11.0 Å². The molecule has 2 N–H and O–H groups in total. The van der Waals surface area contributed by atoms with E-state index in [2.05, 4.69) is 9.97 Å². The number of aliphatic hydroxyl groups is 1. The zero-order valence-corrected chi connectivity index (χ0v) is 8.17. The number of pyridine rings is 1. The van der Waals surface area contributed by atoms with E-state index in [9.17, 15) is 5.11 Å². The molecular formula is C10H9ClN2O. The van der Waals surface area contributed by atoms with Crippen molar-refractivity contribution < 1.29 is 5.11 Å². The van der Waals surface area contributed by atoms with Gasteiger partial charge in [-0.05, 0) is 25.0 Å². The average Bonchev–Trinajstić information content (AvgIpc) is 2.77. The van der Waals surface area contributed by atoms with Crippen molar-refractivity contribution in [2.24, 2.45) is 0 Å². The zero-order chi connectivity index (χ0) is 9.76. The van der Waals surface area contributed by atoms with Gasteiger partial charge in [-0.2, -0.15) is 0 Å². The maximum absolute atomic E-state index is 9.88. The molecule has 14 heavy (non-hydrogen) atoms. The molecule has 0 unspecified atom stereocenters. The van der Waals surface area contributed by atoms with Crippen LogP contribution in [0.4, 0.5) is 0 Å². The van der Waals surface area contributed by atoms with Gasteiger partial charge in [0.05, 0.1) is 16.1 Å². The van der Waals surface area contributed by atoms with Gasteiger partial charge in [-0.15, -0.1) is 0 Å². The highest BCUT2D eigenvalue weighted by Gasteiger charge is 2.43. The molecule has 72 valence electrons. The summed E-state index contributed by atoms with van der Waals surface area (Å²) in [5.74, 6) is 0. The van der Waals surface area contributed by atoms with Gasteiger partial charge in [0.25, 0.3) is 0 Å². The van der Waals surface area contributed by atoms with E-state index < -0.39 is 5.60 Å². The third-order valence-corrected chi connectivity index (χ3v) is 2.87. The second-order valence-electron chi connectivity index (χ2n) is 3.80. The van der Waals surface area contributed by atoms with Crippen molar-refractivity contribution >= 4 is 22.6 Å². The Bertz CT molecular complexity index is 502. The van der Waals surface area contributed by atoms with Gasteiger partial charge < -0.3 is 10.1 Å². The number of hydrogen-bond acceptors (Lipinski definition) is 2. The predicted molar refractivity (Wildman–Crippen MR) is 54.2 cm³/mol. The number of H-pyrrole nitrogens is 1. The molecule has 2 aromatic heterocycles. The van der Waals surface area contributed by atoms with Crippen molar-refractivity contribution in [3.8, 4) is 0 Å². The summed E-state index contributed by atoms with van der Waals surface area (Å²) in [4.78, 5) is 7.31. The van der Waals surface area contributed by atoms with Gasteiger partial charge in [0.15, 0.2) is 0 Å². The summed E-state index contributed by atoms with van der Waals surface area (Å²) in [6, 6.07) is 3.71. The number of nitrogens with zero attached hydrogens (tertiary/aromatic N) is 1. The number of fused-ring (bicyclic) bond motifs is 1. The van der Waals surface area contributed by atoms with Crippen LogP contribution in [0.3, 0.4) is 0 Å². The molecule has 0 amide bonds. The lowest BCUT2D eigenvalue weighted by molar-refractivity contribution is 0.147. The van der Waals surface area contributed by atoms with Crippen LogP contribution >= 0.6 is 11.6 Å². The Morgan fingerprint density at radius 1 is 1.43 bits per heavy atom. The second-order valence-corrected chi connectivity index (χ2v) is 4.24. The van der Waals surface area contributed by atoms with Gasteiger partial charge in [0.2, 0.25) is 0 Å². The first-order valence-electron chi connectivity index (χ1n) is 4.54. The molecule has 3 nitrogen and oxygen atoms in total. The molecule has 0 bridgehead atoms. The first kappa shape index (κ1) is 8.26. The smallest absolute Gasteiger partial charge is 0.105 e. The van der Waals surface area contributed by atoms with Crippen LogP contribution < -0.4 is 0 Å². The van der Waals surface area contributed by atoms with Crippen molar-refractivity contribution in [1.29, 1.82) is 0 Å². The van der Waals surface area contributed by atoms with E-state index in [0.717, 1.165) is 29.6 Å². The molecule has 0 aliphatic heterocycles. The van der Waals surface area contributed by atoms with Crippen LogP contribution in [0, 0.1) is 0 Å². The molecule has 1 aliphatic rings. The van der Waals surface area contributed by atoms with E-state index in [-0.39, 0.29) is 0 Å². The Balaban J connectivity index is 2.20. The summed E-state index contributed by atoms with van der Waals surface area (Å²) in [7, 11) is 0. The van der Waals surface area contributed by atoms with Crippen LogP contribution in [0.2, 0.25) is 5.02 Å². The highest BCUT2D eigenvalue weighted by molar-refractivity contribution is 6.31. The fraction of sp³-hybridized carbons (Fsp3) is 0.300. The molecule has 3 rings (SSSR count). The standard InChI is InChI=1S/C10H9ClN2O/c11-6-3-8-7(12-5-6)4-9(13-8)10(14)1-2-10/h3-5,13-14H,1-2H2. The van der Waals surface area contributed by atoms with Crippen LogP contribution in [-0.2, 0) is 5.60 Å². The van der Waals surface area contributed by atoms with Crippen molar-refractivity contribution in [3.05, 3.63) is 29.0 Å². The minimum absolute atomic E-state index is 0.605. The summed E-state index contributed by atoms with van der Waals surface area (Å²) < 4.78 is 0. The van der Waals surface area contributed by atoms with E-state index >= 15 is 0 Å². The molecule has 2 heterocycles. The van der Waals surface area contributed by atoms with Gasteiger partial charge >= 0.3 is 0 Å². The molecule has 1 fully saturated rings. The predicted octanol–water partition coefficient (Wildman–Crippen LogP) is 2.20. The summed E-state index contributed by atoms with van der Waals surface area (Å²) in [6.45, 7) is 0. The van der Waals surface area contributed by atoms with Gasteiger partial charge in [-0.25, -0.2) is 0 Å². The number of halogens is 1. The maximum Gasteiger partial charge on any atom is 0.105 e. The summed E-state index contributed by atoms with van der Waals surface area (Å²) in [5.41, 5.74) is 1.95. The van der Waals surface area contributed by atoms with Crippen molar-refractivity contribution in [2.45, 2.75) is 18.4 Å². The SMILES string of the molecule is OC1(c2cc3ncc(Cl)cc3[nH]2)CC1. The molecule has 0 radical (unpaired) electrons. The van der Waals surface area contributed by atoms with E-state index in [1.807, 2.05) is 12.1 Å². The van der Waals surface area contributed by atoms with Crippen LogP contribution in [-0.4, -0.2) is 15.1 Å². The lowest BCUT2D eigenvalue weighted by Crippen LogP contribution is -2.03. The molecule has 1 aliphatic carbocycles. The molecule has 0 spiro atoms. The number of nitrogens with one attached hydrogen (secondary N) is 1. The van der Waals surface area contributed by atoms with E-state index in [0.29, 0.717) is 5.02 Å². The molecule has 0 saturated heterocycles. The lowest BCUT2D eigenvalue weighted by Gasteiger charge is -2.01. The molecule has 0 aromatic carbocycles. The zero-order valence-electron chi connectivity index (χ0n) is 7.42. The molecule has 1 saturated carbocycles. The van der Waals surface area contributed by atoms with Gasteiger partial charge in [0.1, 0.15) is 5.60 Å². The van der Waals surface area contributed by atoms with Crippen LogP contribution in [0.15, 0.2) is 18.3 Å². The third-order valence-electron chi connectivity index (χ3n) is 2.66. The fourth-order valence-electron chi connectivity index (χ4n) is 1.62. The van der Waals surface area contributed by atoms with Crippen molar-refractivity contribution in [1.82, 2.24) is 9.97 Å². The Morgan fingerprint density at radius 3 is 2.93 bits per heavy atom. The van der Waals surface area contributed by atoms with E-state index in [1.165, 1.54) is 0 Å². The Morgan fingerprint density at radius 2 is 2.21 bits per heavy atom. The normalized spacial score (nSPS) is 18.7. The summed E-state index contributed by atoms with van der Waals surface area (Å²) >= 11 is 5.81. The second kappa shape index (κ2) is 2.49. The lowest BCUT2D eigenvalue weighted by atomic mass is 10.2. The minimum atomic E-state index is -0.632. The summed E-state index contributed by atoms with van der Waals surface area (Å²) in [6.07, 6.45) is 3.26. The number of rotatable bonds is 1. The van der Waals surface area contributed by atoms with Gasteiger partial charge in [0, 0.05) is 11.9 Å². The highest BCUT2D eigenvalue weighted by Crippen LogP contribution is 2.45. The molecular weight excluding hydrogens is 200 g/mol. The molecule has 0 atom stereocenters. The Kier molecular flexibility index (Phi) is 1.47. The van der Waals surface area contributed by atoms with Crippen molar-refractivity contribution in [3.63, 3.8) is 0 Å². The van der Waals surface area contributed by atoms with Crippen molar-refractivity contribution in [2.75, 3.05) is 0 Å². The number of aromatic nitrogens is 2. The maximum atomic E-state index is 9.88. The Hall–Kier alpha value is -1.06. The van der Waals surface area contributed by atoms with Crippen LogP contribution in [0.5, 0.6) is 0 Å². The van der Waals surface area contributed by atoms with E-state index in [1.54, 1.807) is 6.20 Å². The quantitative estimate of drug-likeness (QED) is 0.755. The molecule has 2 aromatic rings. The monoisotopic (exact) mass is 208 g/mol. The first-order chi connectivity index (χ1) is 6.67. The highest BCUT2D eigenvalue weighted by atomic mass is 35.5. The minimum Gasteiger partial charge on any atom is -0.384 e. The molecule has 4 heteroatoms. The largest absolute Gasteiger partial charge is 0.384 e. The number of hydrogen-bond donors (Lipinski definition) is 2. The topological polar surface area (TPSA) is 48.9 Å². The van der Waals surface area contributed by atoms with Gasteiger partial charge in [-0.1, -0.05) is 11.6 Å². The average molecular weight is 209 g/mol. The summed E-state index contributed by atoms with van der Waals surface area (Å²) in [5, 5.41) is 10.5. The van der Waals surface area contributed by atoms with E-state index in [4.69, 9.17) is 11.6 Å². The van der Waals surface area contributed by atoms with Gasteiger partial charge in [-0.3, -0.25) is 4.98 Å². The Labute approximate surface area is 85.7 Å². The third kappa shape index (κ3) is 1.13.